The summed E-state index contributed by atoms with van der Waals surface area (Å²) in [4.78, 5) is 18.5. The number of pyridine rings is 1. The number of hydrogen-bond acceptors (Lipinski definition) is 8. The summed E-state index contributed by atoms with van der Waals surface area (Å²) in [5.41, 5.74) is 2.37. The van der Waals surface area contributed by atoms with Gasteiger partial charge in [0.25, 0.3) is 0 Å². The fraction of sp³-hybridized carbons (Fsp3) is 0.348. The van der Waals surface area contributed by atoms with Gasteiger partial charge in [0, 0.05) is 35.5 Å². The Hall–Kier alpha value is -3.78. The highest BCUT2D eigenvalue weighted by Gasteiger charge is 2.72. The van der Waals surface area contributed by atoms with Gasteiger partial charge in [0.2, 0.25) is 0 Å². The summed E-state index contributed by atoms with van der Waals surface area (Å²) in [5, 5.41) is 17.5. The van der Waals surface area contributed by atoms with Crippen LogP contribution in [0.4, 0.5) is 10.5 Å². The first-order valence-electron chi connectivity index (χ1n) is 10.9. The van der Waals surface area contributed by atoms with Crippen LogP contribution in [0.3, 0.4) is 0 Å². The quantitative estimate of drug-likeness (QED) is 0.545. The minimum atomic E-state index is -3.04. The number of rotatable bonds is 5. The second-order valence-corrected chi connectivity index (χ2v) is 11.1. The van der Waals surface area contributed by atoms with Gasteiger partial charge in [0.15, 0.2) is 9.84 Å². The number of cyclic esters (lactones) is 1. The molecule has 4 heterocycles. The predicted octanol–water partition coefficient (Wildman–Crippen LogP) is 1.80. The molecule has 1 aliphatic carbocycles. The molecule has 2 aliphatic heterocycles. The molecule has 0 radical (unpaired) electrons. The molecule has 0 unspecified atom stereocenters. The van der Waals surface area contributed by atoms with Crippen LogP contribution in [0.1, 0.15) is 5.69 Å². The van der Waals surface area contributed by atoms with Crippen molar-refractivity contribution < 1.29 is 17.9 Å². The molecule has 1 aromatic carbocycles. The van der Waals surface area contributed by atoms with Gasteiger partial charge >= 0.3 is 6.09 Å². The van der Waals surface area contributed by atoms with Crippen LogP contribution in [0.25, 0.3) is 11.1 Å². The van der Waals surface area contributed by atoms with Crippen molar-refractivity contribution in [3.05, 3.63) is 60.7 Å². The van der Waals surface area contributed by atoms with Crippen molar-refractivity contribution in [1.82, 2.24) is 20.0 Å². The molecule has 2 saturated heterocycles. The van der Waals surface area contributed by atoms with E-state index in [1.54, 1.807) is 28.2 Å². The summed E-state index contributed by atoms with van der Waals surface area (Å²) in [6, 6.07) is 13.6. The van der Waals surface area contributed by atoms with Gasteiger partial charge in [-0.25, -0.2) is 17.9 Å². The third-order valence-electron chi connectivity index (χ3n) is 7.03. The third-order valence-corrected chi connectivity index (χ3v) is 8.77. The van der Waals surface area contributed by atoms with E-state index in [9.17, 15) is 18.5 Å². The number of hydrogen-bond donors (Lipinski definition) is 0. The molecule has 10 nitrogen and oxygen atoms in total. The monoisotopic (exact) mass is 476 g/mol. The number of ether oxygens (including phenoxy) is 1. The maximum absolute atomic E-state index is 12.3. The van der Waals surface area contributed by atoms with Crippen LogP contribution < -0.4 is 4.90 Å². The summed E-state index contributed by atoms with van der Waals surface area (Å²) in [6.45, 7) is 0.860. The molecule has 4 atom stereocenters. The Labute approximate surface area is 195 Å². The minimum absolute atomic E-state index is 0.0642. The van der Waals surface area contributed by atoms with E-state index in [2.05, 4.69) is 21.4 Å². The lowest BCUT2D eigenvalue weighted by Crippen LogP contribution is -2.26. The number of aromatic nitrogens is 4. The van der Waals surface area contributed by atoms with E-state index in [1.807, 2.05) is 36.4 Å². The molecule has 172 valence electrons. The Morgan fingerprint density at radius 1 is 1.12 bits per heavy atom. The van der Waals surface area contributed by atoms with Crippen LogP contribution in [0.15, 0.2) is 55.0 Å². The van der Waals surface area contributed by atoms with Crippen molar-refractivity contribution in [3.63, 3.8) is 0 Å². The molecule has 1 amide bonds. The number of benzene rings is 1. The lowest BCUT2D eigenvalue weighted by Gasteiger charge is -2.14. The minimum Gasteiger partial charge on any atom is -0.442 e. The van der Waals surface area contributed by atoms with Crippen LogP contribution in [-0.2, 0) is 26.5 Å². The van der Waals surface area contributed by atoms with Crippen LogP contribution in [0, 0.1) is 23.2 Å². The van der Waals surface area contributed by atoms with Gasteiger partial charge in [0.05, 0.1) is 42.6 Å². The van der Waals surface area contributed by atoms with Crippen LogP contribution in [0.5, 0.6) is 0 Å². The molecule has 3 aliphatic rings. The molecule has 11 heteroatoms. The first-order valence-corrected chi connectivity index (χ1v) is 12.7. The molecule has 0 spiro atoms. The van der Waals surface area contributed by atoms with Crippen molar-refractivity contribution in [2.45, 2.75) is 18.1 Å². The standard InChI is InChI=1S/C23H20N6O4S/c24-14-23(19-12-34(31,32)13-20(19)23)21-6-3-16(9-25-21)15-1-4-17(5-2-15)29-11-18(33-22(29)30)10-28-8-7-26-27-28/h1-9,18-20H,10-13H2/t18-,19-,20+,23+/m0/s1. The van der Waals surface area contributed by atoms with E-state index in [0.717, 1.165) is 16.8 Å². The van der Waals surface area contributed by atoms with E-state index in [4.69, 9.17) is 4.74 Å². The van der Waals surface area contributed by atoms with E-state index in [0.29, 0.717) is 18.8 Å². The Morgan fingerprint density at radius 2 is 1.85 bits per heavy atom. The van der Waals surface area contributed by atoms with Crippen molar-refractivity contribution >= 4 is 21.6 Å². The average molecular weight is 477 g/mol. The molecular weight excluding hydrogens is 456 g/mol. The molecule has 6 rings (SSSR count). The van der Waals surface area contributed by atoms with Gasteiger partial charge in [-0.2, -0.15) is 5.26 Å². The largest absolute Gasteiger partial charge is 0.442 e. The zero-order chi connectivity index (χ0) is 23.5. The second-order valence-electron chi connectivity index (χ2n) is 8.99. The summed E-state index contributed by atoms with van der Waals surface area (Å²) in [6.07, 6.45) is 4.30. The zero-order valence-electron chi connectivity index (χ0n) is 18.0. The Bertz CT molecular complexity index is 1380. The molecule has 3 fully saturated rings. The molecule has 0 N–H and O–H groups in total. The first kappa shape index (κ1) is 20.8. The maximum atomic E-state index is 12.3. The van der Waals surface area contributed by atoms with E-state index < -0.39 is 21.3 Å². The number of anilines is 1. The number of fused-ring (bicyclic) bond motifs is 1. The van der Waals surface area contributed by atoms with Gasteiger partial charge in [-0.05, 0) is 23.8 Å². The Balaban J connectivity index is 1.16. The molecular formula is C23H20N6O4S. The topological polar surface area (TPSA) is 131 Å². The highest BCUT2D eigenvalue weighted by molar-refractivity contribution is 7.91. The number of carbonyl (C=O) groups is 1. The highest BCUT2D eigenvalue weighted by Crippen LogP contribution is 2.63. The van der Waals surface area contributed by atoms with Gasteiger partial charge in [-0.3, -0.25) is 9.88 Å². The summed E-state index contributed by atoms with van der Waals surface area (Å²) < 4.78 is 30.7. The van der Waals surface area contributed by atoms with Crippen LogP contribution >= 0.6 is 0 Å². The molecule has 3 aromatic rings. The SMILES string of the molecule is N#C[C@]1(c2ccc(-c3ccc(N4C[C@H](Cn5ccnn5)OC4=O)cc3)cn2)[C@@H]2CS(=O)(=O)C[C@@H]21. The van der Waals surface area contributed by atoms with E-state index in [-0.39, 0.29) is 29.4 Å². The molecule has 0 bridgehead atoms. The normalized spacial score (nSPS) is 28.9. The number of sulfone groups is 1. The summed E-state index contributed by atoms with van der Waals surface area (Å²) >= 11 is 0. The summed E-state index contributed by atoms with van der Waals surface area (Å²) in [5.74, 6) is -0.189. The number of carbonyl (C=O) groups excluding carboxylic acids is 1. The van der Waals surface area contributed by atoms with Crippen molar-refractivity contribution in [1.29, 1.82) is 5.26 Å². The average Bonchev–Trinajstić information content (AvgIpc) is 3.29. The van der Waals surface area contributed by atoms with Gasteiger partial charge < -0.3 is 4.74 Å². The highest BCUT2D eigenvalue weighted by atomic mass is 32.2. The number of nitriles is 1. The van der Waals surface area contributed by atoms with Crippen LogP contribution in [0.2, 0.25) is 0 Å². The van der Waals surface area contributed by atoms with Crippen LogP contribution in [-0.4, -0.2) is 58.6 Å². The molecule has 2 aromatic heterocycles. The van der Waals surface area contributed by atoms with Crippen molar-refractivity contribution in [3.8, 4) is 17.2 Å². The van der Waals surface area contributed by atoms with Gasteiger partial charge in [0.1, 0.15) is 11.5 Å². The number of nitrogens with zero attached hydrogens (tertiary/aromatic N) is 6. The predicted molar refractivity (Wildman–Crippen MR) is 120 cm³/mol. The Kier molecular flexibility index (Phi) is 4.50. The van der Waals surface area contributed by atoms with E-state index in [1.165, 1.54) is 0 Å². The third kappa shape index (κ3) is 3.25. The lowest BCUT2D eigenvalue weighted by atomic mass is 9.97. The second kappa shape index (κ2) is 7.36. The van der Waals surface area contributed by atoms with Crippen molar-refractivity contribution in [2.75, 3.05) is 23.0 Å². The fourth-order valence-electron chi connectivity index (χ4n) is 5.26. The number of amides is 1. The lowest BCUT2D eigenvalue weighted by molar-refractivity contribution is 0.129. The maximum Gasteiger partial charge on any atom is 0.414 e. The van der Waals surface area contributed by atoms with Crippen molar-refractivity contribution in [2.24, 2.45) is 11.8 Å². The smallest absolute Gasteiger partial charge is 0.414 e. The fourth-order valence-corrected chi connectivity index (χ4v) is 7.48. The molecule has 34 heavy (non-hydrogen) atoms. The first-order chi connectivity index (χ1) is 16.4. The summed E-state index contributed by atoms with van der Waals surface area (Å²) in [7, 11) is -3.04. The van der Waals surface area contributed by atoms with Gasteiger partial charge in [-0.15, -0.1) is 5.10 Å². The van der Waals surface area contributed by atoms with Gasteiger partial charge in [-0.1, -0.05) is 23.4 Å². The zero-order valence-corrected chi connectivity index (χ0v) is 18.8. The van der Waals surface area contributed by atoms with E-state index >= 15 is 0 Å². The Morgan fingerprint density at radius 3 is 2.47 bits per heavy atom. The molecule has 1 saturated carbocycles.